The van der Waals surface area contributed by atoms with Crippen LogP contribution in [0.4, 0.5) is 5.69 Å². The van der Waals surface area contributed by atoms with E-state index in [0.29, 0.717) is 13.0 Å². The van der Waals surface area contributed by atoms with Gasteiger partial charge >= 0.3 is 0 Å². The minimum atomic E-state index is -0.829. The number of carbonyl (C=O) groups excluding carboxylic acids is 1. The lowest BCUT2D eigenvalue weighted by Gasteiger charge is -2.25. The first-order chi connectivity index (χ1) is 11.9. The Kier molecular flexibility index (Phi) is 6.21. The third-order valence-corrected chi connectivity index (χ3v) is 4.55. The molecule has 0 heterocycles. The van der Waals surface area contributed by atoms with E-state index >= 15 is 0 Å². The summed E-state index contributed by atoms with van der Waals surface area (Å²) in [6.07, 6.45) is 0.603. The van der Waals surface area contributed by atoms with Crippen molar-refractivity contribution in [3.05, 3.63) is 59.2 Å². The first-order valence-corrected chi connectivity index (χ1v) is 8.54. The number of hydrogen-bond acceptors (Lipinski definition) is 3. The summed E-state index contributed by atoms with van der Waals surface area (Å²) in [6, 6.07) is 13.9. The molecule has 1 amide bonds. The Morgan fingerprint density at radius 1 is 1.12 bits per heavy atom. The van der Waals surface area contributed by atoms with Gasteiger partial charge in [-0.1, -0.05) is 37.3 Å². The standard InChI is InChI=1S/C21H27NO3/c1-6-21(4,24-5)20(23)22-18-12-15(2)19(16(3)13-18)25-14-17-10-8-7-9-11-17/h7-13H,6,14H2,1-5H3,(H,22,23)/t21-/m1/s1. The van der Waals surface area contributed by atoms with Gasteiger partial charge in [-0.3, -0.25) is 4.79 Å². The predicted molar refractivity (Wildman–Crippen MR) is 101 cm³/mol. The van der Waals surface area contributed by atoms with Crippen molar-refractivity contribution in [1.82, 2.24) is 0 Å². The van der Waals surface area contributed by atoms with Gasteiger partial charge in [-0.25, -0.2) is 0 Å². The van der Waals surface area contributed by atoms with Crippen molar-refractivity contribution in [2.24, 2.45) is 0 Å². The summed E-state index contributed by atoms with van der Waals surface area (Å²) < 4.78 is 11.3. The number of hydrogen-bond donors (Lipinski definition) is 1. The van der Waals surface area contributed by atoms with E-state index in [9.17, 15) is 4.79 Å². The van der Waals surface area contributed by atoms with Gasteiger partial charge in [0, 0.05) is 12.8 Å². The lowest BCUT2D eigenvalue weighted by molar-refractivity contribution is -0.136. The summed E-state index contributed by atoms with van der Waals surface area (Å²) in [5.41, 5.74) is 3.02. The zero-order valence-electron chi connectivity index (χ0n) is 15.7. The van der Waals surface area contributed by atoms with E-state index in [2.05, 4.69) is 5.32 Å². The molecule has 0 saturated heterocycles. The Hall–Kier alpha value is -2.33. The lowest BCUT2D eigenvalue weighted by atomic mass is 10.0. The van der Waals surface area contributed by atoms with E-state index in [4.69, 9.17) is 9.47 Å². The number of ether oxygens (including phenoxy) is 2. The van der Waals surface area contributed by atoms with Crippen LogP contribution >= 0.6 is 0 Å². The molecule has 0 aliphatic heterocycles. The van der Waals surface area contributed by atoms with Crippen LogP contribution in [0.1, 0.15) is 37.0 Å². The highest BCUT2D eigenvalue weighted by atomic mass is 16.5. The van der Waals surface area contributed by atoms with Crippen LogP contribution in [-0.4, -0.2) is 18.6 Å². The Labute approximate surface area is 150 Å². The van der Waals surface area contributed by atoms with Crippen LogP contribution in [0.3, 0.4) is 0 Å². The average Bonchev–Trinajstić information content (AvgIpc) is 2.61. The molecule has 0 radical (unpaired) electrons. The maximum absolute atomic E-state index is 12.4. The highest BCUT2D eigenvalue weighted by Gasteiger charge is 2.31. The van der Waals surface area contributed by atoms with Crippen LogP contribution in [0.15, 0.2) is 42.5 Å². The Bertz CT molecular complexity index is 698. The minimum Gasteiger partial charge on any atom is -0.488 e. The van der Waals surface area contributed by atoms with Gasteiger partial charge in [0.15, 0.2) is 0 Å². The molecule has 0 fully saturated rings. The van der Waals surface area contributed by atoms with Gasteiger partial charge in [-0.2, -0.15) is 0 Å². The number of aryl methyl sites for hydroxylation is 2. The van der Waals surface area contributed by atoms with Crippen molar-refractivity contribution < 1.29 is 14.3 Å². The second kappa shape index (κ2) is 8.17. The molecule has 4 heteroatoms. The molecular weight excluding hydrogens is 314 g/mol. The minimum absolute atomic E-state index is 0.144. The number of benzene rings is 2. The second-order valence-corrected chi connectivity index (χ2v) is 6.46. The molecule has 2 aromatic carbocycles. The number of carbonyl (C=O) groups is 1. The zero-order valence-corrected chi connectivity index (χ0v) is 15.7. The molecule has 25 heavy (non-hydrogen) atoms. The molecule has 134 valence electrons. The lowest BCUT2D eigenvalue weighted by Crippen LogP contribution is -2.41. The van der Waals surface area contributed by atoms with Crippen LogP contribution in [0.2, 0.25) is 0 Å². The fourth-order valence-corrected chi connectivity index (χ4v) is 2.64. The van der Waals surface area contributed by atoms with Gasteiger partial charge in [-0.15, -0.1) is 0 Å². The molecule has 2 rings (SSSR count). The third kappa shape index (κ3) is 4.60. The fourth-order valence-electron chi connectivity index (χ4n) is 2.64. The molecule has 0 spiro atoms. The fraction of sp³-hybridized carbons (Fsp3) is 0.381. The normalized spacial score (nSPS) is 13.2. The van der Waals surface area contributed by atoms with Crippen molar-refractivity contribution in [2.45, 2.75) is 46.3 Å². The maximum Gasteiger partial charge on any atom is 0.256 e. The maximum atomic E-state index is 12.4. The number of anilines is 1. The van der Waals surface area contributed by atoms with E-state index in [1.54, 1.807) is 14.0 Å². The molecule has 0 saturated carbocycles. The zero-order chi connectivity index (χ0) is 18.4. The van der Waals surface area contributed by atoms with Gasteiger partial charge in [0.25, 0.3) is 5.91 Å². The Morgan fingerprint density at radius 2 is 1.72 bits per heavy atom. The first-order valence-electron chi connectivity index (χ1n) is 8.54. The third-order valence-electron chi connectivity index (χ3n) is 4.55. The summed E-state index contributed by atoms with van der Waals surface area (Å²) in [7, 11) is 1.56. The molecule has 0 aromatic heterocycles. The predicted octanol–water partition coefficient (Wildman–Crippen LogP) is 4.64. The highest BCUT2D eigenvalue weighted by Crippen LogP contribution is 2.29. The van der Waals surface area contributed by atoms with Crippen LogP contribution < -0.4 is 10.1 Å². The molecule has 1 atom stereocenters. The van der Waals surface area contributed by atoms with E-state index < -0.39 is 5.60 Å². The Morgan fingerprint density at radius 3 is 2.24 bits per heavy atom. The van der Waals surface area contributed by atoms with Gasteiger partial charge in [-0.05, 0) is 56.0 Å². The average molecular weight is 341 g/mol. The van der Waals surface area contributed by atoms with E-state index in [-0.39, 0.29) is 5.91 Å². The summed E-state index contributed by atoms with van der Waals surface area (Å²) >= 11 is 0. The van der Waals surface area contributed by atoms with Crippen molar-refractivity contribution in [3.63, 3.8) is 0 Å². The van der Waals surface area contributed by atoms with Crippen LogP contribution in [0.25, 0.3) is 0 Å². The number of amides is 1. The number of rotatable bonds is 7. The van der Waals surface area contributed by atoms with Crippen molar-refractivity contribution >= 4 is 11.6 Å². The summed E-state index contributed by atoms with van der Waals surface area (Å²) in [6.45, 7) is 8.21. The molecule has 0 aliphatic rings. The Balaban J connectivity index is 2.13. The smallest absolute Gasteiger partial charge is 0.256 e. The van der Waals surface area contributed by atoms with Gasteiger partial charge in [0.1, 0.15) is 18.0 Å². The topological polar surface area (TPSA) is 47.6 Å². The molecule has 0 bridgehead atoms. The van der Waals surface area contributed by atoms with Crippen molar-refractivity contribution in [2.75, 3.05) is 12.4 Å². The van der Waals surface area contributed by atoms with Crippen LogP contribution in [-0.2, 0) is 16.1 Å². The van der Waals surface area contributed by atoms with Gasteiger partial charge < -0.3 is 14.8 Å². The monoisotopic (exact) mass is 341 g/mol. The van der Waals surface area contributed by atoms with Crippen LogP contribution in [0, 0.1) is 13.8 Å². The second-order valence-electron chi connectivity index (χ2n) is 6.46. The van der Waals surface area contributed by atoms with E-state index in [1.165, 1.54) is 0 Å². The largest absolute Gasteiger partial charge is 0.488 e. The molecule has 4 nitrogen and oxygen atoms in total. The summed E-state index contributed by atoms with van der Waals surface area (Å²) in [5, 5.41) is 2.95. The van der Waals surface area contributed by atoms with Gasteiger partial charge in [0.05, 0.1) is 0 Å². The van der Waals surface area contributed by atoms with Gasteiger partial charge in [0.2, 0.25) is 0 Å². The number of methoxy groups -OCH3 is 1. The highest BCUT2D eigenvalue weighted by molar-refractivity contribution is 5.97. The van der Waals surface area contributed by atoms with Crippen molar-refractivity contribution in [3.8, 4) is 5.75 Å². The number of nitrogens with one attached hydrogen (secondary N) is 1. The molecule has 0 unspecified atom stereocenters. The van der Waals surface area contributed by atoms with E-state index in [0.717, 1.165) is 28.1 Å². The molecule has 0 aliphatic carbocycles. The molecular formula is C21H27NO3. The quantitative estimate of drug-likeness (QED) is 0.798. The summed E-state index contributed by atoms with van der Waals surface area (Å²) in [5.74, 6) is 0.709. The van der Waals surface area contributed by atoms with Crippen molar-refractivity contribution in [1.29, 1.82) is 0 Å². The molecule has 1 N–H and O–H groups in total. The summed E-state index contributed by atoms with van der Waals surface area (Å²) in [4.78, 5) is 12.4. The van der Waals surface area contributed by atoms with E-state index in [1.807, 2.05) is 63.2 Å². The van der Waals surface area contributed by atoms with Crippen LogP contribution in [0.5, 0.6) is 5.75 Å². The SMILES string of the molecule is CC[C@@](C)(OC)C(=O)Nc1cc(C)c(OCc2ccccc2)c(C)c1. The molecule has 2 aromatic rings. The first kappa shape index (κ1) is 19.0.